The number of hydrogen-bond donors (Lipinski definition) is 2. The molecule has 0 bridgehead atoms. The van der Waals surface area contributed by atoms with Gasteiger partial charge in [0, 0.05) is 12.1 Å². The van der Waals surface area contributed by atoms with E-state index < -0.39 is 11.6 Å². The van der Waals surface area contributed by atoms with Crippen LogP contribution in [-0.4, -0.2) is 29.0 Å². The van der Waals surface area contributed by atoms with E-state index in [1.807, 2.05) is 6.92 Å². The summed E-state index contributed by atoms with van der Waals surface area (Å²) in [5, 5.41) is 11.3. The molecule has 0 aliphatic carbocycles. The largest absolute Gasteiger partial charge is 0.409 e. The number of nitrogens with two attached hydrogens (primary N) is 1. The van der Waals surface area contributed by atoms with E-state index >= 15 is 0 Å². The predicted octanol–water partition coefficient (Wildman–Crippen LogP) is 1.53. The van der Waals surface area contributed by atoms with Crippen LogP contribution in [0.25, 0.3) is 0 Å². The molecule has 0 fully saturated rings. The first-order valence-corrected chi connectivity index (χ1v) is 5.19. The van der Waals surface area contributed by atoms with Crippen LogP contribution in [0.3, 0.4) is 0 Å². The molecule has 17 heavy (non-hydrogen) atoms. The van der Waals surface area contributed by atoms with Crippen molar-refractivity contribution in [1.82, 2.24) is 4.90 Å². The van der Waals surface area contributed by atoms with Gasteiger partial charge in [-0.1, -0.05) is 12.1 Å². The quantitative estimate of drug-likeness (QED) is 0.357. The van der Waals surface area contributed by atoms with Crippen LogP contribution in [0.2, 0.25) is 0 Å². The van der Waals surface area contributed by atoms with Crippen LogP contribution in [0.4, 0.5) is 8.78 Å². The summed E-state index contributed by atoms with van der Waals surface area (Å²) in [7, 11) is 0. The van der Waals surface area contributed by atoms with Crippen LogP contribution in [0.5, 0.6) is 0 Å². The Morgan fingerprint density at radius 2 is 2.18 bits per heavy atom. The number of benzene rings is 1. The normalized spacial score (nSPS) is 12.1. The van der Waals surface area contributed by atoms with E-state index in [1.165, 1.54) is 0 Å². The van der Waals surface area contributed by atoms with E-state index in [-0.39, 0.29) is 24.5 Å². The minimum atomic E-state index is -0.485. The third-order valence-corrected chi connectivity index (χ3v) is 2.36. The van der Waals surface area contributed by atoms with Gasteiger partial charge in [-0.25, -0.2) is 8.78 Å². The summed E-state index contributed by atoms with van der Waals surface area (Å²) in [5.74, 6) is -0.922. The molecule has 1 aromatic rings. The van der Waals surface area contributed by atoms with Gasteiger partial charge in [0.2, 0.25) is 0 Å². The molecule has 4 nitrogen and oxygen atoms in total. The number of halogens is 2. The molecule has 0 amide bonds. The summed E-state index contributed by atoms with van der Waals surface area (Å²) >= 11 is 0. The lowest BCUT2D eigenvalue weighted by molar-refractivity contribution is 0.292. The number of rotatable bonds is 5. The molecule has 0 radical (unpaired) electrons. The van der Waals surface area contributed by atoms with Crippen molar-refractivity contribution in [3.8, 4) is 0 Å². The first-order valence-electron chi connectivity index (χ1n) is 5.19. The zero-order valence-corrected chi connectivity index (χ0v) is 9.53. The molecule has 3 N–H and O–H groups in total. The number of oxime groups is 1. The van der Waals surface area contributed by atoms with Crippen LogP contribution < -0.4 is 5.73 Å². The highest BCUT2D eigenvalue weighted by molar-refractivity contribution is 5.81. The van der Waals surface area contributed by atoms with E-state index in [0.717, 1.165) is 18.2 Å². The minimum Gasteiger partial charge on any atom is -0.409 e. The fraction of sp³-hybridized carbons (Fsp3) is 0.364. The van der Waals surface area contributed by atoms with Gasteiger partial charge in [-0.3, -0.25) is 4.90 Å². The molecule has 0 aliphatic heterocycles. The summed E-state index contributed by atoms with van der Waals surface area (Å²) < 4.78 is 26.3. The predicted molar refractivity (Wildman–Crippen MR) is 60.7 cm³/mol. The van der Waals surface area contributed by atoms with Gasteiger partial charge >= 0.3 is 0 Å². The fourth-order valence-corrected chi connectivity index (χ4v) is 1.45. The van der Waals surface area contributed by atoms with Crippen molar-refractivity contribution in [3.05, 3.63) is 35.4 Å². The Morgan fingerprint density at radius 3 is 2.76 bits per heavy atom. The molecule has 0 spiro atoms. The lowest BCUT2D eigenvalue weighted by atomic mass is 10.2. The smallest absolute Gasteiger partial charge is 0.153 e. The molecule has 0 saturated carbocycles. The Balaban J connectivity index is 2.76. The van der Waals surface area contributed by atoms with Crippen molar-refractivity contribution >= 4 is 5.84 Å². The Kier molecular flexibility index (Phi) is 4.84. The maximum Gasteiger partial charge on any atom is 0.153 e. The van der Waals surface area contributed by atoms with Gasteiger partial charge < -0.3 is 10.9 Å². The Labute approximate surface area is 98.3 Å². The van der Waals surface area contributed by atoms with Crippen LogP contribution in [-0.2, 0) is 6.54 Å². The van der Waals surface area contributed by atoms with Gasteiger partial charge in [-0.15, -0.1) is 0 Å². The van der Waals surface area contributed by atoms with E-state index in [1.54, 1.807) is 4.90 Å². The summed E-state index contributed by atoms with van der Waals surface area (Å²) in [5.41, 5.74) is 5.61. The monoisotopic (exact) mass is 243 g/mol. The maximum absolute atomic E-state index is 13.4. The van der Waals surface area contributed by atoms with Crippen LogP contribution >= 0.6 is 0 Å². The van der Waals surface area contributed by atoms with E-state index in [9.17, 15) is 8.78 Å². The zero-order chi connectivity index (χ0) is 12.8. The highest BCUT2D eigenvalue weighted by Crippen LogP contribution is 2.12. The summed E-state index contributed by atoms with van der Waals surface area (Å²) in [6, 6.07) is 3.30. The topological polar surface area (TPSA) is 61.8 Å². The lowest BCUT2D eigenvalue weighted by Crippen LogP contribution is -2.33. The SMILES string of the molecule is CCN(CC(N)=NO)Cc1cc(F)ccc1F. The molecular weight excluding hydrogens is 228 g/mol. The van der Waals surface area contributed by atoms with Gasteiger partial charge in [0.25, 0.3) is 0 Å². The molecule has 0 saturated heterocycles. The number of likely N-dealkylation sites (N-methyl/N-ethyl adjacent to an activating group) is 1. The highest BCUT2D eigenvalue weighted by Gasteiger charge is 2.10. The van der Waals surface area contributed by atoms with Gasteiger partial charge in [-0.05, 0) is 24.7 Å². The number of amidine groups is 1. The summed E-state index contributed by atoms with van der Waals surface area (Å²) in [6.45, 7) is 2.83. The molecule has 6 heteroatoms. The summed E-state index contributed by atoms with van der Waals surface area (Å²) in [6.07, 6.45) is 0. The van der Waals surface area contributed by atoms with Gasteiger partial charge in [0.15, 0.2) is 5.84 Å². The molecule has 0 heterocycles. The second kappa shape index (κ2) is 6.15. The zero-order valence-electron chi connectivity index (χ0n) is 9.53. The van der Waals surface area contributed by atoms with Crippen LogP contribution in [0.1, 0.15) is 12.5 Å². The molecule has 0 unspecified atom stereocenters. The van der Waals surface area contributed by atoms with E-state index in [2.05, 4.69) is 5.16 Å². The second-order valence-corrected chi connectivity index (χ2v) is 3.63. The fourth-order valence-electron chi connectivity index (χ4n) is 1.45. The third kappa shape index (κ3) is 3.99. The van der Waals surface area contributed by atoms with Gasteiger partial charge in [0.1, 0.15) is 11.6 Å². The Hall–Kier alpha value is -1.69. The Morgan fingerprint density at radius 1 is 1.47 bits per heavy atom. The number of hydrogen-bond acceptors (Lipinski definition) is 3. The summed E-state index contributed by atoms with van der Waals surface area (Å²) in [4.78, 5) is 1.73. The lowest BCUT2D eigenvalue weighted by Gasteiger charge is -2.19. The second-order valence-electron chi connectivity index (χ2n) is 3.63. The van der Waals surface area contributed by atoms with Crippen molar-refractivity contribution in [3.63, 3.8) is 0 Å². The van der Waals surface area contributed by atoms with E-state index in [4.69, 9.17) is 10.9 Å². The third-order valence-electron chi connectivity index (χ3n) is 2.36. The molecule has 0 atom stereocenters. The van der Waals surface area contributed by atoms with Crippen molar-refractivity contribution in [2.45, 2.75) is 13.5 Å². The molecule has 0 aromatic heterocycles. The van der Waals surface area contributed by atoms with Crippen molar-refractivity contribution < 1.29 is 14.0 Å². The highest BCUT2D eigenvalue weighted by atomic mass is 19.1. The number of nitrogens with zero attached hydrogens (tertiary/aromatic N) is 2. The average molecular weight is 243 g/mol. The first-order chi connectivity index (χ1) is 8.06. The van der Waals surface area contributed by atoms with Gasteiger partial charge in [0.05, 0.1) is 6.54 Å². The molecular formula is C11H15F2N3O. The molecule has 1 rings (SSSR count). The molecule has 94 valence electrons. The standard InChI is InChI=1S/C11H15F2N3O/c1-2-16(7-11(14)15-17)6-8-5-9(12)3-4-10(8)13/h3-5,17H,2,6-7H2,1H3,(H2,14,15). The van der Waals surface area contributed by atoms with E-state index in [0.29, 0.717) is 6.54 Å². The first kappa shape index (κ1) is 13.4. The van der Waals surface area contributed by atoms with Crippen molar-refractivity contribution in [2.24, 2.45) is 10.9 Å². The van der Waals surface area contributed by atoms with Crippen LogP contribution in [0.15, 0.2) is 23.4 Å². The average Bonchev–Trinajstić information content (AvgIpc) is 2.32. The van der Waals surface area contributed by atoms with Gasteiger partial charge in [-0.2, -0.15) is 0 Å². The van der Waals surface area contributed by atoms with Crippen molar-refractivity contribution in [1.29, 1.82) is 0 Å². The molecule has 1 aromatic carbocycles. The Bertz CT molecular complexity index is 410. The van der Waals surface area contributed by atoms with Crippen LogP contribution in [0, 0.1) is 11.6 Å². The minimum absolute atomic E-state index is 0.0312. The maximum atomic E-state index is 13.4. The van der Waals surface area contributed by atoms with Crippen molar-refractivity contribution in [2.75, 3.05) is 13.1 Å². The molecule has 0 aliphatic rings.